The number of benzene rings is 3. The molecule has 5 rings (SSSR count). The summed E-state index contributed by atoms with van der Waals surface area (Å²) in [5.74, 6) is -5.47. The van der Waals surface area contributed by atoms with Crippen LogP contribution in [0.1, 0.15) is 42.9 Å². The number of hydrogen-bond donors (Lipinski definition) is 3. The Morgan fingerprint density at radius 1 is 0.980 bits per heavy atom. The summed E-state index contributed by atoms with van der Waals surface area (Å²) in [6.07, 6.45) is -9.83. The van der Waals surface area contributed by atoms with Crippen molar-refractivity contribution >= 4 is 39.5 Å². The molecule has 0 radical (unpaired) electrons. The molecular formula is C36H32BrF6NO6. The minimum Gasteiger partial charge on any atom is -0.507 e. The number of imide groups is 1. The van der Waals surface area contributed by atoms with Gasteiger partial charge in [0.05, 0.1) is 41.4 Å². The lowest BCUT2D eigenvalue weighted by atomic mass is 9.68. The number of halogens is 7. The monoisotopic (exact) mass is 767 g/mol. The minimum absolute atomic E-state index is 0.0342. The molecule has 1 heterocycles. The highest BCUT2D eigenvalue weighted by molar-refractivity contribution is 9.10. The number of carbonyl (C=O) groups is 2. The maximum absolute atomic E-state index is 13.9. The van der Waals surface area contributed by atoms with Crippen molar-refractivity contribution in [2.75, 3.05) is 18.1 Å². The number of anilines is 1. The van der Waals surface area contributed by atoms with Crippen LogP contribution in [0.2, 0.25) is 0 Å². The second kappa shape index (κ2) is 14.6. The average molecular weight is 769 g/mol. The lowest BCUT2D eigenvalue weighted by molar-refractivity contribution is -0.143. The summed E-state index contributed by atoms with van der Waals surface area (Å²) in [6.45, 7) is 0.842. The third-order valence-corrected chi connectivity index (χ3v) is 9.42. The van der Waals surface area contributed by atoms with Gasteiger partial charge in [0.25, 0.3) is 0 Å². The third-order valence-electron chi connectivity index (χ3n) is 8.93. The number of aliphatic hydroxyl groups is 2. The molecule has 0 aromatic heterocycles. The molecule has 7 nitrogen and oxygen atoms in total. The molecule has 2 amide bonds. The number of allylic oxidation sites excluding steroid dienone is 1. The molecule has 1 saturated heterocycles. The van der Waals surface area contributed by atoms with Gasteiger partial charge < -0.3 is 20.1 Å². The van der Waals surface area contributed by atoms with Crippen LogP contribution in [0.25, 0.3) is 6.08 Å². The van der Waals surface area contributed by atoms with Gasteiger partial charge in [-0.25, -0.2) is 4.90 Å². The minimum atomic E-state index is -5.22. The van der Waals surface area contributed by atoms with E-state index in [9.17, 15) is 51.3 Å². The molecule has 266 valence electrons. The van der Waals surface area contributed by atoms with E-state index in [1.54, 1.807) is 55.5 Å². The normalized spacial score (nSPS) is 20.7. The Morgan fingerprint density at radius 2 is 1.62 bits per heavy atom. The molecule has 50 heavy (non-hydrogen) atoms. The van der Waals surface area contributed by atoms with Crippen molar-refractivity contribution in [2.24, 2.45) is 17.8 Å². The van der Waals surface area contributed by atoms with E-state index in [2.05, 4.69) is 15.9 Å². The van der Waals surface area contributed by atoms with Crippen LogP contribution in [0.3, 0.4) is 0 Å². The number of phenolic OH excluding ortho intramolecular Hbond substituents is 1. The van der Waals surface area contributed by atoms with Crippen molar-refractivity contribution in [3.05, 3.63) is 105 Å². The first-order valence-electron chi connectivity index (χ1n) is 15.5. The van der Waals surface area contributed by atoms with Gasteiger partial charge in [0.15, 0.2) is 0 Å². The van der Waals surface area contributed by atoms with Crippen LogP contribution in [0, 0.1) is 17.8 Å². The summed E-state index contributed by atoms with van der Waals surface area (Å²) >= 11 is 3.35. The molecule has 1 fully saturated rings. The highest BCUT2D eigenvalue weighted by Gasteiger charge is 2.56. The number of fused-ring (bicyclic) bond motifs is 1. The highest BCUT2D eigenvalue weighted by Crippen LogP contribution is 2.48. The zero-order valence-corrected chi connectivity index (χ0v) is 28.0. The van der Waals surface area contributed by atoms with Gasteiger partial charge in [0.1, 0.15) is 18.1 Å². The number of rotatable bonds is 10. The summed E-state index contributed by atoms with van der Waals surface area (Å²) in [4.78, 5) is 28.0. The largest absolute Gasteiger partial charge is 0.507 e. The number of aromatic hydroxyl groups is 1. The van der Waals surface area contributed by atoms with Gasteiger partial charge in [-0.3, -0.25) is 9.59 Å². The number of carbonyl (C=O) groups excluding carboxylic acids is 2. The first-order chi connectivity index (χ1) is 23.5. The molecule has 3 aromatic carbocycles. The predicted octanol–water partition coefficient (Wildman–Crippen LogP) is 7.93. The Morgan fingerprint density at radius 3 is 2.22 bits per heavy atom. The number of alkyl halides is 6. The Kier molecular flexibility index (Phi) is 10.8. The van der Waals surface area contributed by atoms with Crippen molar-refractivity contribution in [2.45, 2.75) is 44.6 Å². The van der Waals surface area contributed by atoms with Crippen molar-refractivity contribution < 1.29 is 56.0 Å². The van der Waals surface area contributed by atoms with Gasteiger partial charge in [-0.05, 0) is 85.9 Å². The number of phenols is 1. The first kappa shape index (κ1) is 37.1. The van der Waals surface area contributed by atoms with E-state index >= 15 is 0 Å². The Bertz CT molecular complexity index is 1790. The number of nitrogens with zero attached hydrogens (tertiary/aromatic N) is 1. The summed E-state index contributed by atoms with van der Waals surface area (Å²) < 4.78 is 88.7. The first-order valence-corrected chi connectivity index (χ1v) is 16.3. The molecule has 0 saturated carbocycles. The second-order valence-corrected chi connectivity index (χ2v) is 13.2. The Labute approximate surface area is 291 Å². The van der Waals surface area contributed by atoms with Gasteiger partial charge in [0, 0.05) is 16.0 Å². The fourth-order valence-electron chi connectivity index (χ4n) is 6.60. The summed E-state index contributed by atoms with van der Waals surface area (Å²) in [7, 11) is 0. The SMILES string of the molecule is C/C(=C\c1cc(Br)ccc1O)CC[C@@H](O)C1=C(COc2ccccc2)C[C@H]2C(=O)N(c3cc(C(F)(F)F)cc(C(F)(F)F)c3)C(=O)[C@H]2[C@H]1CO. The zero-order valence-electron chi connectivity index (χ0n) is 26.4. The zero-order chi connectivity index (χ0) is 36.5. The van der Waals surface area contributed by atoms with Crippen LogP contribution in [0.15, 0.2) is 87.9 Å². The fraction of sp³-hybridized carbons (Fsp3) is 0.333. The molecule has 0 spiro atoms. The van der Waals surface area contributed by atoms with E-state index in [0.717, 1.165) is 10.0 Å². The summed E-state index contributed by atoms with van der Waals surface area (Å²) in [5, 5.41) is 32.5. The van der Waals surface area contributed by atoms with E-state index in [1.165, 1.54) is 6.07 Å². The van der Waals surface area contributed by atoms with Crippen LogP contribution in [0.4, 0.5) is 32.0 Å². The molecule has 2 aliphatic rings. The molecule has 3 N–H and O–H groups in total. The van der Waals surface area contributed by atoms with Crippen molar-refractivity contribution in [1.82, 2.24) is 0 Å². The molecule has 0 bridgehead atoms. The van der Waals surface area contributed by atoms with E-state index in [0.29, 0.717) is 40.3 Å². The molecule has 1 aliphatic carbocycles. The molecule has 4 atom stereocenters. The number of aliphatic hydroxyl groups excluding tert-OH is 2. The third kappa shape index (κ3) is 7.92. The van der Waals surface area contributed by atoms with E-state index in [4.69, 9.17) is 4.74 Å². The van der Waals surface area contributed by atoms with E-state index < -0.39 is 71.4 Å². The molecule has 0 unspecified atom stereocenters. The van der Waals surface area contributed by atoms with Gasteiger partial charge in [0.2, 0.25) is 11.8 Å². The quantitative estimate of drug-likeness (QED) is 0.110. The van der Waals surface area contributed by atoms with Crippen molar-refractivity contribution in [3.8, 4) is 11.5 Å². The Balaban J connectivity index is 1.50. The number of ether oxygens (including phenoxy) is 1. The van der Waals surface area contributed by atoms with Crippen LogP contribution in [0.5, 0.6) is 11.5 Å². The van der Waals surface area contributed by atoms with Crippen molar-refractivity contribution in [1.29, 1.82) is 0 Å². The highest BCUT2D eigenvalue weighted by atomic mass is 79.9. The topological polar surface area (TPSA) is 107 Å². The second-order valence-electron chi connectivity index (χ2n) is 12.3. The fourth-order valence-corrected chi connectivity index (χ4v) is 6.98. The number of amides is 2. The maximum atomic E-state index is 13.9. The molecule has 3 aromatic rings. The lowest BCUT2D eigenvalue weighted by Crippen LogP contribution is -2.40. The maximum Gasteiger partial charge on any atom is 0.416 e. The molecule has 1 aliphatic heterocycles. The van der Waals surface area contributed by atoms with Gasteiger partial charge in [-0.15, -0.1) is 0 Å². The Hall–Kier alpha value is -4.14. The molecular weight excluding hydrogens is 736 g/mol. The average Bonchev–Trinajstić information content (AvgIpc) is 3.31. The molecule has 14 heteroatoms. The van der Waals surface area contributed by atoms with Crippen LogP contribution in [-0.2, 0) is 21.9 Å². The summed E-state index contributed by atoms with van der Waals surface area (Å²) in [5.41, 5.74) is -2.41. The van der Waals surface area contributed by atoms with Gasteiger partial charge >= 0.3 is 12.4 Å². The predicted molar refractivity (Wildman–Crippen MR) is 175 cm³/mol. The standard InChI is InChI=1S/C36H32BrF6NO6/c1-19(11-20-12-24(37)8-10-29(20)46)7-9-30(47)31-21(18-50-26-5-3-2-4-6-26)13-27-32(28(31)17-45)34(49)44(33(27)48)25-15-22(35(38,39)40)14-23(16-25)36(41,42)43/h2-6,8,10-12,14-16,27-28,30,32,45-47H,7,9,13,17-18H2,1H3/b19-11+/t27-,28+,30-,32-/m1/s1. The van der Waals surface area contributed by atoms with Gasteiger partial charge in [-0.2, -0.15) is 26.3 Å². The van der Waals surface area contributed by atoms with Crippen molar-refractivity contribution in [3.63, 3.8) is 0 Å². The van der Waals surface area contributed by atoms with Gasteiger partial charge in [-0.1, -0.05) is 45.8 Å². The number of para-hydroxylation sites is 1. The smallest absolute Gasteiger partial charge is 0.416 e. The van der Waals surface area contributed by atoms with Crippen LogP contribution in [-0.4, -0.2) is 46.5 Å². The summed E-state index contributed by atoms with van der Waals surface area (Å²) in [6, 6.07) is 13.9. The van der Waals surface area contributed by atoms with Crippen LogP contribution >= 0.6 is 15.9 Å². The van der Waals surface area contributed by atoms with E-state index in [1.807, 2.05) is 0 Å². The van der Waals surface area contributed by atoms with E-state index in [-0.39, 0.29) is 36.8 Å². The van der Waals surface area contributed by atoms with Crippen LogP contribution < -0.4 is 9.64 Å². The lowest BCUT2D eigenvalue weighted by Gasteiger charge is -2.36. The number of hydrogen-bond acceptors (Lipinski definition) is 6.